The highest BCUT2D eigenvalue weighted by Crippen LogP contribution is 2.33. The lowest BCUT2D eigenvalue weighted by atomic mass is 9.91. The molecule has 1 aliphatic heterocycles. The van der Waals surface area contributed by atoms with Crippen LogP contribution >= 0.6 is 11.8 Å². The van der Waals surface area contributed by atoms with Gasteiger partial charge in [-0.2, -0.15) is 11.8 Å². The number of carboxylic acids is 1. The molecule has 1 heterocycles. The molecule has 0 radical (unpaired) electrons. The van der Waals surface area contributed by atoms with Crippen LogP contribution in [0.5, 0.6) is 0 Å². The van der Waals surface area contributed by atoms with Gasteiger partial charge in [0.15, 0.2) is 0 Å². The van der Waals surface area contributed by atoms with Gasteiger partial charge >= 0.3 is 5.97 Å². The number of unbranched alkanes of at least 4 members (excludes halogenated alkanes) is 2. The largest absolute Gasteiger partial charge is 0.478 e. The third-order valence-electron chi connectivity index (χ3n) is 4.07. The molecule has 0 saturated carbocycles. The molecule has 1 rings (SSSR count). The Labute approximate surface area is 144 Å². The van der Waals surface area contributed by atoms with Gasteiger partial charge in [0.05, 0.1) is 6.10 Å². The van der Waals surface area contributed by atoms with Crippen molar-refractivity contribution in [1.29, 1.82) is 0 Å². The molecule has 1 aliphatic rings. The second-order valence-electron chi connectivity index (χ2n) is 6.09. The molecule has 2 N–H and O–H groups in total. The number of aliphatic carboxylic acids is 1. The van der Waals surface area contributed by atoms with Gasteiger partial charge in [0.2, 0.25) is 0 Å². The van der Waals surface area contributed by atoms with E-state index in [0.29, 0.717) is 18.3 Å². The van der Waals surface area contributed by atoms with E-state index in [1.54, 1.807) is 6.08 Å². The summed E-state index contributed by atoms with van der Waals surface area (Å²) in [6, 6.07) is 0. The van der Waals surface area contributed by atoms with Gasteiger partial charge in [0.25, 0.3) is 0 Å². The molecule has 0 aromatic carbocycles. The lowest BCUT2D eigenvalue weighted by molar-refractivity contribution is -0.131. The van der Waals surface area contributed by atoms with E-state index in [1.165, 1.54) is 18.9 Å². The minimum atomic E-state index is -0.895. The Morgan fingerprint density at radius 1 is 1.26 bits per heavy atom. The number of allylic oxidation sites excluding steroid dienone is 4. The molecular weight excluding hydrogens is 308 g/mol. The van der Waals surface area contributed by atoms with E-state index in [-0.39, 0.29) is 6.10 Å². The summed E-state index contributed by atoms with van der Waals surface area (Å²) in [5.41, 5.74) is 0. The van der Waals surface area contributed by atoms with Crippen molar-refractivity contribution in [2.24, 2.45) is 11.8 Å². The predicted octanol–water partition coefficient (Wildman–Crippen LogP) is 4.44. The Morgan fingerprint density at radius 3 is 2.83 bits per heavy atom. The highest BCUT2D eigenvalue weighted by Gasteiger charge is 2.24. The third-order valence-corrected chi connectivity index (χ3v) is 5.35. The van der Waals surface area contributed by atoms with Crippen LogP contribution in [-0.2, 0) is 4.79 Å². The number of rotatable bonds is 11. The molecule has 0 spiro atoms. The van der Waals surface area contributed by atoms with Crippen LogP contribution < -0.4 is 0 Å². The summed E-state index contributed by atoms with van der Waals surface area (Å²) in [7, 11) is 0. The zero-order valence-electron chi connectivity index (χ0n) is 14.1. The van der Waals surface area contributed by atoms with E-state index >= 15 is 0 Å². The van der Waals surface area contributed by atoms with Gasteiger partial charge in [-0.25, -0.2) is 4.79 Å². The number of carbonyl (C=O) groups is 1. The summed E-state index contributed by atoms with van der Waals surface area (Å²) in [6.07, 6.45) is 16.9. The molecule has 23 heavy (non-hydrogen) atoms. The number of aliphatic hydroxyl groups excluding tert-OH is 1. The van der Waals surface area contributed by atoms with E-state index in [1.807, 2.05) is 23.9 Å². The normalized spacial score (nSPS) is 23.4. The smallest absolute Gasteiger partial charge is 0.327 e. The van der Waals surface area contributed by atoms with Crippen molar-refractivity contribution in [2.45, 2.75) is 51.6 Å². The fraction of sp³-hybridized carbons (Fsp3) is 0.632. The first-order chi connectivity index (χ1) is 11.1. The van der Waals surface area contributed by atoms with Gasteiger partial charge in [-0.05, 0) is 42.6 Å². The van der Waals surface area contributed by atoms with E-state index in [9.17, 15) is 9.90 Å². The Balaban J connectivity index is 2.30. The molecule has 130 valence electrons. The predicted molar refractivity (Wildman–Crippen MR) is 98.7 cm³/mol. The van der Waals surface area contributed by atoms with Crippen LogP contribution in [0, 0.1) is 11.8 Å². The van der Waals surface area contributed by atoms with Crippen LogP contribution in [0.25, 0.3) is 0 Å². The minimum absolute atomic E-state index is 0.301. The Hall–Kier alpha value is -1.00. The highest BCUT2D eigenvalue weighted by molar-refractivity contribution is 7.99. The van der Waals surface area contributed by atoms with Crippen molar-refractivity contribution < 1.29 is 15.0 Å². The Kier molecular flexibility index (Phi) is 10.8. The number of hydrogen-bond acceptors (Lipinski definition) is 3. The first-order valence-corrected chi connectivity index (χ1v) is 9.77. The molecule has 0 aromatic heterocycles. The minimum Gasteiger partial charge on any atom is -0.478 e. The van der Waals surface area contributed by atoms with Gasteiger partial charge in [-0.15, -0.1) is 0 Å². The maximum atomic E-state index is 10.4. The molecule has 1 saturated heterocycles. The van der Waals surface area contributed by atoms with Crippen molar-refractivity contribution in [3.63, 3.8) is 0 Å². The second kappa shape index (κ2) is 12.4. The molecule has 1 fully saturated rings. The van der Waals surface area contributed by atoms with Crippen LogP contribution in [0.3, 0.4) is 0 Å². The first kappa shape index (κ1) is 20.0. The summed E-state index contributed by atoms with van der Waals surface area (Å²) in [6.45, 7) is 2.17. The maximum absolute atomic E-state index is 10.4. The lowest BCUT2D eigenvalue weighted by Gasteiger charge is -2.14. The zero-order valence-corrected chi connectivity index (χ0v) is 14.9. The van der Waals surface area contributed by atoms with Crippen molar-refractivity contribution in [3.05, 3.63) is 36.5 Å². The second-order valence-corrected chi connectivity index (χ2v) is 7.17. The topological polar surface area (TPSA) is 57.5 Å². The van der Waals surface area contributed by atoms with Crippen molar-refractivity contribution in [2.75, 3.05) is 11.5 Å². The van der Waals surface area contributed by atoms with Crippen molar-refractivity contribution in [1.82, 2.24) is 0 Å². The zero-order chi connectivity index (χ0) is 16.9. The van der Waals surface area contributed by atoms with E-state index in [0.717, 1.165) is 30.8 Å². The van der Waals surface area contributed by atoms with Crippen molar-refractivity contribution >= 4 is 17.7 Å². The average molecular weight is 339 g/mol. The van der Waals surface area contributed by atoms with Gasteiger partial charge in [0, 0.05) is 6.08 Å². The Morgan fingerprint density at radius 2 is 2.09 bits per heavy atom. The summed E-state index contributed by atoms with van der Waals surface area (Å²) in [5.74, 6) is 2.57. The quantitative estimate of drug-likeness (QED) is 0.332. The average Bonchev–Trinajstić information content (AvgIpc) is 2.96. The number of hydrogen-bond donors (Lipinski definition) is 2. The molecule has 3 nitrogen and oxygen atoms in total. The number of thioether (sulfide) groups is 1. The SMILES string of the molecule is CCCCCC(O)/C=C/[C@H]1CSC[C@H]1CC=CC/C=C\C(=O)O. The highest BCUT2D eigenvalue weighted by atomic mass is 32.2. The van der Waals surface area contributed by atoms with Gasteiger partial charge < -0.3 is 10.2 Å². The summed E-state index contributed by atoms with van der Waals surface area (Å²) in [5, 5.41) is 18.5. The third kappa shape index (κ3) is 9.67. The fourth-order valence-corrected chi connectivity index (χ4v) is 4.13. The number of carboxylic acid groups (broad SMARTS) is 1. The van der Waals surface area contributed by atoms with Crippen molar-refractivity contribution in [3.8, 4) is 0 Å². The van der Waals surface area contributed by atoms with E-state index in [2.05, 4.69) is 19.1 Å². The lowest BCUT2D eigenvalue weighted by Crippen LogP contribution is -2.10. The van der Waals surface area contributed by atoms with Crippen LogP contribution in [0.2, 0.25) is 0 Å². The molecule has 0 amide bonds. The first-order valence-electron chi connectivity index (χ1n) is 8.62. The Bertz CT molecular complexity index is 415. The molecule has 1 unspecified atom stereocenters. The van der Waals surface area contributed by atoms with Crippen LogP contribution in [0.4, 0.5) is 0 Å². The summed E-state index contributed by atoms with van der Waals surface area (Å²) < 4.78 is 0. The van der Waals surface area contributed by atoms with Crippen LogP contribution in [-0.4, -0.2) is 33.8 Å². The molecule has 3 atom stereocenters. The molecule has 4 heteroatoms. The maximum Gasteiger partial charge on any atom is 0.327 e. The van der Waals surface area contributed by atoms with Crippen LogP contribution in [0.1, 0.15) is 45.4 Å². The fourth-order valence-electron chi connectivity index (χ4n) is 2.66. The molecular formula is C19H30O3S. The van der Waals surface area contributed by atoms with E-state index < -0.39 is 5.97 Å². The molecule has 0 aliphatic carbocycles. The van der Waals surface area contributed by atoms with Gasteiger partial charge in [-0.1, -0.05) is 56.6 Å². The number of aliphatic hydroxyl groups is 1. The molecule has 0 aromatic rings. The van der Waals surface area contributed by atoms with E-state index in [4.69, 9.17) is 5.11 Å². The summed E-state index contributed by atoms with van der Waals surface area (Å²) >= 11 is 1.98. The molecule has 0 bridgehead atoms. The standard InChI is InChI=1S/C19H30O3S/c1-2-3-6-10-18(20)13-12-17-15-23-14-16(17)9-7-4-5-8-11-19(21)22/h4,7-8,11-13,16-18,20H,2-3,5-6,9-10,14-15H2,1H3,(H,21,22)/b7-4?,11-8-,13-12+/t16-,17+,18?/m1/s1. The summed E-state index contributed by atoms with van der Waals surface area (Å²) in [4.78, 5) is 10.4. The van der Waals surface area contributed by atoms with Gasteiger partial charge in [-0.3, -0.25) is 0 Å². The monoisotopic (exact) mass is 338 g/mol. The van der Waals surface area contributed by atoms with Crippen LogP contribution in [0.15, 0.2) is 36.5 Å². The van der Waals surface area contributed by atoms with Gasteiger partial charge in [0.1, 0.15) is 0 Å².